The molecule has 0 saturated carbocycles. The van der Waals surface area contributed by atoms with E-state index in [1.165, 1.54) is 5.56 Å². The van der Waals surface area contributed by atoms with E-state index >= 15 is 0 Å². The molecule has 1 rings (SSSR count). The predicted octanol–water partition coefficient (Wildman–Crippen LogP) is 2.80. The smallest absolute Gasteiger partial charge is 0.122 e. The molecule has 0 spiro atoms. The topological polar surface area (TPSA) is 31.6 Å². The first-order chi connectivity index (χ1) is 9.88. The van der Waals surface area contributed by atoms with Crippen LogP contribution in [0.25, 0.3) is 0 Å². The molecule has 0 unspecified atom stereocenters. The lowest BCUT2D eigenvalue weighted by atomic mass is 10.1. The minimum atomic E-state index is 0.494. The van der Waals surface area contributed by atoms with Crippen LogP contribution in [0.1, 0.15) is 39.0 Å². The molecule has 0 bridgehead atoms. The van der Waals surface area contributed by atoms with Gasteiger partial charge in [0.1, 0.15) is 5.76 Å². The predicted molar refractivity (Wildman–Crippen MR) is 89.4 cm³/mol. The third-order valence-electron chi connectivity index (χ3n) is 3.39. The van der Waals surface area contributed by atoms with Gasteiger partial charge in [0.2, 0.25) is 0 Å². The fraction of sp³-hybridized carbons (Fsp3) is 0.765. The van der Waals surface area contributed by atoms with Gasteiger partial charge in [-0.3, -0.25) is 4.90 Å². The van der Waals surface area contributed by atoms with Crippen LogP contribution in [0.2, 0.25) is 0 Å². The highest BCUT2D eigenvalue weighted by Crippen LogP contribution is 2.14. The van der Waals surface area contributed by atoms with Crippen LogP contribution >= 0.6 is 0 Å². The second kappa shape index (κ2) is 9.23. The average molecular weight is 295 g/mol. The van der Waals surface area contributed by atoms with Crippen LogP contribution in [0.3, 0.4) is 0 Å². The summed E-state index contributed by atoms with van der Waals surface area (Å²) in [6.07, 6.45) is 1.81. The highest BCUT2D eigenvalue weighted by atomic mass is 16.3. The highest BCUT2D eigenvalue weighted by molar-refractivity contribution is 5.17. The van der Waals surface area contributed by atoms with Crippen LogP contribution < -0.4 is 5.32 Å². The molecular formula is C17H33N3O. The lowest BCUT2D eigenvalue weighted by Crippen LogP contribution is -2.34. The maximum atomic E-state index is 5.72. The Balaban J connectivity index is 2.62. The summed E-state index contributed by atoms with van der Waals surface area (Å²) in [7, 11) is 4.25. The van der Waals surface area contributed by atoms with Gasteiger partial charge in [-0.05, 0) is 26.1 Å². The van der Waals surface area contributed by atoms with Crippen LogP contribution in [0, 0.1) is 5.92 Å². The van der Waals surface area contributed by atoms with Gasteiger partial charge in [0.15, 0.2) is 0 Å². The summed E-state index contributed by atoms with van der Waals surface area (Å²) < 4.78 is 5.72. The SMILES string of the molecule is CC(C)CN(CCN(C)C)Cc1occc1CNC(C)C. The van der Waals surface area contributed by atoms with E-state index in [1.807, 2.05) is 6.26 Å². The second-order valence-electron chi connectivity index (χ2n) is 6.84. The lowest BCUT2D eigenvalue weighted by molar-refractivity contribution is 0.197. The first-order valence-corrected chi connectivity index (χ1v) is 8.04. The second-order valence-corrected chi connectivity index (χ2v) is 6.84. The number of likely N-dealkylation sites (N-methyl/N-ethyl adjacent to an activating group) is 1. The Morgan fingerprint density at radius 2 is 1.86 bits per heavy atom. The zero-order chi connectivity index (χ0) is 15.8. The molecule has 0 amide bonds. The molecule has 0 aliphatic rings. The van der Waals surface area contributed by atoms with E-state index in [0.29, 0.717) is 12.0 Å². The molecule has 0 radical (unpaired) electrons. The normalized spacial score (nSPS) is 12.3. The minimum Gasteiger partial charge on any atom is -0.468 e. The van der Waals surface area contributed by atoms with Gasteiger partial charge in [0.05, 0.1) is 12.8 Å². The van der Waals surface area contributed by atoms with E-state index in [-0.39, 0.29) is 0 Å². The van der Waals surface area contributed by atoms with Crippen LogP contribution in [-0.2, 0) is 13.1 Å². The Morgan fingerprint density at radius 3 is 2.43 bits per heavy atom. The summed E-state index contributed by atoms with van der Waals surface area (Å²) in [5.74, 6) is 1.77. The monoisotopic (exact) mass is 295 g/mol. The van der Waals surface area contributed by atoms with Gasteiger partial charge in [-0.25, -0.2) is 0 Å². The maximum Gasteiger partial charge on any atom is 0.122 e. The fourth-order valence-corrected chi connectivity index (χ4v) is 2.27. The molecular weight excluding hydrogens is 262 g/mol. The number of hydrogen-bond acceptors (Lipinski definition) is 4. The van der Waals surface area contributed by atoms with Gasteiger partial charge in [-0.15, -0.1) is 0 Å². The molecule has 21 heavy (non-hydrogen) atoms. The van der Waals surface area contributed by atoms with Crippen molar-refractivity contribution in [3.8, 4) is 0 Å². The van der Waals surface area contributed by atoms with Crippen LogP contribution in [0.4, 0.5) is 0 Å². The summed E-state index contributed by atoms with van der Waals surface area (Å²) >= 11 is 0. The molecule has 1 heterocycles. The van der Waals surface area contributed by atoms with Crippen molar-refractivity contribution in [2.75, 3.05) is 33.7 Å². The van der Waals surface area contributed by atoms with Crippen molar-refractivity contribution in [1.29, 1.82) is 0 Å². The van der Waals surface area contributed by atoms with Crippen molar-refractivity contribution in [2.45, 2.75) is 46.8 Å². The van der Waals surface area contributed by atoms with Crippen molar-refractivity contribution in [2.24, 2.45) is 5.92 Å². The number of rotatable bonds is 10. The summed E-state index contributed by atoms with van der Waals surface area (Å²) in [6.45, 7) is 13.9. The quantitative estimate of drug-likeness (QED) is 0.719. The number of nitrogens with zero attached hydrogens (tertiary/aromatic N) is 2. The van der Waals surface area contributed by atoms with Crippen LogP contribution in [0.5, 0.6) is 0 Å². The Hall–Kier alpha value is -0.840. The van der Waals surface area contributed by atoms with E-state index in [9.17, 15) is 0 Å². The van der Waals surface area contributed by atoms with E-state index in [0.717, 1.165) is 38.5 Å². The van der Waals surface area contributed by atoms with Gasteiger partial charge in [0.25, 0.3) is 0 Å². The molecule has 122 valence electrons. The van der Waals surface area contributed by atoms with Crippen molar-refractivity contribution in [3.63, 3.8) is 0 Å². The molecule has 0 aliphatic heterocycles. The van der Waals surface area contributed by atoms with Crippen molar-refractivity contribution >= 4 is 0 Å². The summed E-state index contributed by atoms with van der Waals surface area (Å²) in [4.78, 5) is 4.72. The Bertz CT molecular complexity index is 385. The molecule has 1 aromatic rings. The van der Waals surface area contributed by atoms with Crippen molar-refractivity contribution in [1.82, 2.24) is 15.1 Å². The first kappa shape index (κ1) is 18.2. The van der Waals surface area contributed by atoms with Crippen LogP contribution in [-0.4, -0.2) is 49.6 Å². The third kappa shape index (κ3) is 7.65. The Kier molecular flexibility index (Phi) is 8.01. The molecule has 4 heteroatoms. The molecule has 0 aromatic carbocycles. The van der Waals surface area contributed by atoms with Crippen molar-refractivity contribution < 1.29 is 4.42 Å². The fourth-order valence-electron chi connectivity index (χ4n) is 2.27. The van der Waals surface area contributed by atoms with Crippen molar-refractivity contribution in [3.05, 3.63) is 23.7 Å². The van der Waals surface area contributed by atoms with E-state index in [1.54, 1.807) is 0 Å². The Labute approximate surface area is 130 Å². The van der Waals surface area contributed by atoms with E-state index in [2.05, 4.69) is 63.0 Å². The average Bonchev–Trinajstić information content (AvgIpc) is 2.80. The van der Waals surface area contributed by atoms with E-state index in [4.69, 9.17) is 4.42 Å². The standard InChI is InChI=1S/C17H33N3O/c1-14(2)12-20(9-8-19(5)6)13-17-16(7-10-21-17)11-18-15(3)4/h7,10,14-15,18H,8-9,11-13H2,1-6H3. The number of nitrogens with one attached hydrogen (secondary N) is 1. The minimum absolute atomic E-state index is 0.494. The molecule has 0 saturated heterocycles. The Morgan fingerprint density at radius 1 is 1.14 bits per heavy atom. The zero-order valence-corrected chi connectivity index (χ0v) is 14.6. The molecule has 1 N–H and O–H groups in total. The first-order valence-electron chi connectivity index (χ1n) is 8.04. The molecule has 4 nitrogen and oxygen atoms in total. The third-order valence-corrected chi connectivity index (χ3v) is 3.39. The maximum absolute atomic E-state index is 5.72. The number of hydrogen-bond donors (Lipinski definition) is 1. The van der Waals surface area contributed by atoms with Gasteiger partial charge < -0.3 is 14.6 Å². The van der Waals surface area contributed by atoms with Crippen LogP contribution in [0.15, 0.2) is 16.7 Å². The lowest BCUT2D eigenvalue weighted by Gasteiger charge is -2.25. The van der Waals surface area contributed by atoms with Gasteiger partial charge in [0, 0.05) is 37.8 Å². The molecule has 0 atom stereocenters. The number of furan rings is 1. The van der Waals surface area contributed by atoms with Gasteiger partial charge in [-0.1, -0.05) is 27.7 Å². The molecule has 0 fully saturated rings. The summed E-state index contributed by atoms with van der Waals surface area (Å²) in [6, 6.07) is 2.58. The highest BCUT2D eigenvalue weighted by Gasteiger charge is 2.14. The van der Waals surface area contributed by atoms with Gasteiger partial charge >= 0.3 is 0 Å². The largest absolute Gasteiger partial charge is 0.468 e. The van der Waals surface area contributed by atoms with E-state index < -0.39 is 0 Å². The molecule has 1 aromatic heterocycles. The zero-order valence-electron chi connectivity index (χ0n) is 14.6. The molecule has 0 aliphatic carbocycles. The summed E-state index contributed by atoms with van der Waals surface area (Å²) in [5.41, 5.74) is 1.28. The summed E-state index contributed by atoms with van der Waals surface area (Å²) in [5, 5.41) is 3.47. The van der Waals surface area contributed by atoms with Gasteiger partial charge in [-0.2, -0.15) is 0 Å².